The average molecular weight is 198 g/mol. The molecule has 0 heterocycles. The van der Waals surface area contributed by atoms with Crippen LogP contribution in [-0.2, 0) is 0 Å². The van der Waals surface area contributed by atoms with Crippen LogP contribution in [0.15, 0.2) is 0 Å². The molecule has 0 aromatic heterocycles. The second-order valence-electron chi connectivity index (χ2n) is 4.68. The lowest BCUT2D eigenvalue weighted by Crippen LogP contribution is -2.27. The van der Waals surface area contributed by atoms with E-state index in [2.05, 4.69) is 18.7 Å². The molecule has 0 aromatic carbocycles. The van der Waals surface area contributed by atoms with Gasteiger partial charge in [-0.15, -0.1) is 0 Å². The molecule has 1 fully saturated rings. The van der Waals surface area contributed by atoms with E-state index in [1.165, 1.54) is 45.2 Å². The monoisotopic (exact) mass is 198 g/mol. The maximum Gasteiger partial charge on any atom is 0.00963 e. The van der Waals surface area contributed by atoms with Gasteiger partial charge in [0.1, 0.15) is 0 Å². The normalized spacial score (nSPS) is 18.9. The lowest BCUT2D eigenvalue weighted by Gasteiger charge is -2.20. The Morgan fingerprint density at radius 2 is 2.07 bits per heavy atom. The highest BCUT2D eigenvalue weighted by molar-refractivity contribution is 4.83. The number of nitrogens with zero attached hydrogens (tertiary/aromatic N) is 1. The van der Waals surface area contributed by atoms with Crippen molar-refractivity contribution in [3.63, 3.8) is 0 Å². The number of hydrogen-bond donors (Lipinski definition) is 1. The fourth-order valence-electron chi connectivity index (χ4n) is 2.11. The van der Waals surface area contributed by atoms with Crippen LogP contribution in [0.4, 0.5) is 0 Å². The molecule has 1 unspecified atom stereocenters. The molecule has 1 saturated carbocycles. The molecule has 2 nitrogen and oxygen atoms in total. The molecule has 0 aromatic rings. The smallest absolute Gasteiger partial charge is 0.00963 e. The zero-order valence-electron chi connectivity index (χ0n) is 9.84. The van der Waals surface area contributed by atoms with Crippen LogP contribution in [0.3, 0.4) is 0 Å². The first-order valence-electron chi connectivity index (χ1n) is 6.22. The van der Waals surface area contributed by atoms with Crippen LogP contribution in [0, 0.1) is 5.92 Å². The van der Waals surface area contributed by atoms with E-state index in [0.717, 1.165) is 18.5 Å². The van der Waals surface area contributed by atoms with Gasteiger partial charge in [0.2, 0.25) is 0 Å². The second-order valence-corrected chi connectivity index (χ2v) is 4.68. The van der Waals surface area contributed by atoms with Crippen molar-refractivity contribution in [3.05, 3.63) is 0 Å². The van der Waals surface area contributed by atoms with Gasteiger partial charge in [0.05, 0.1) is 0 Å². The van der Waals surface area contributed by atoms with Crippen LogP contribution >= 0.6 is 0 Å². The van der Waals surface area contributed by atoms with Gasteiger partial charge in [-0.2, -0.15) is 0 Å². The van der Waals surface area contributed by atoms with Crippen molar-refractivity contribution in [2.24, 2.45) is 11.7 Å². The zero-order valence-corrected chi connectivity index (χ0v) is 9.84. The molecule has 0 saturated heterocycles. The van der Waals surface area contributed by atoms with Crippen LogP contribution in [0.25, 0.3) is 0 Å². The third-order valence-electron chi connectivity index (χ3n) is 3.27. The molecule has 14 heavy (non-hydrogen) atoms. The molecular weight excluding hydrogens is 172 g/mol. The van der Waals surface area contributed by atoms with Crippen LogP contribution in [0.5, 0.6) is 0 Å². The first-order valence-corrected chi connectivity index (χ1v) is 6.22. The number of hydrogen-bond acceptors (Lipinski definition) is 2. The predicted molar refractivity (Wildman–Crippen MR) is 62.3 cm³/mol. The molecule has 1 rings (SSSR count). The predicted octanol–water partition coefficient (Wildman–Crippen LogP) is 2.24. The summed E-state index contributed by atoms with van der Waals surface area (Å²) in [7, 11) is 0. The summed E-state index contributed by atoms with van der Waals surface area (Å²) in [5, 5.41) is 0. The van der Waals surface area contributed by atoms with Gasteiger partial charge in [-0.25, -0.2) is 0 Å². The topological polar surface area (TPSA) is 29.3 Å². The van der Waals surface area contributed by atoms with Crippen molar-refractivity contribution in [2.75, 3.05) is 19.6 Å². The summed E-state index contributed by atoms with van der Waals surface area (Å²) in [5.74, 6) is 0.818. The van der Waals surface area contributed by atoms with Crippen molar-refractivity contribution < 1.29 is 0 Å². The summed E-state index contributed by atoms with van der Waals surface area (Å²) >= 11 is 0. The highest BCUT2D eigenvalue weighted by atomic mass is 15.2. The van der Waals surface area contributed by atoms with Gasteiger partial charge in [0.25, 0.3) is 0 Å². The number of nitrogens with two attached hydrogens (primary N) is 1. The maximum atomic E-state index is 5.53. The Morgan fingerprint density at radius 1 is 1.36 bits per heavy atom. The van der Waals surface area contributed by atoms with Gasteiger partial charge >= 0.3 is 0 Å². The Bertz CT molecular complexity index is 143. The van der Waals surface area contributed by atoms with Crippen LogP contribution in [0.1, 0.15) is 46.0 Å². The Kier molecular flexibility index (Phi) is 5.49. The fourth-order valence-corrected chi connectivity index (χ4v) is 2.11. The van der Waals surface area contributed by atoms with Crippen molar-refractivity contribution >= 4 is 0 Å². The van der Waals surface area contributed by atoms with Crippen LogP contribution in [-0.4, -0.2) is 30.6 Å². The number of rotatable bonds is 8. The maximum absolute atomic E-state index is 5.53. The average Bonchev–Trinajstić information content (AvgIpc) is 2.96. The molecule has 1 aliphatic rings. The van der Waals surface area contributed by atoms with Crippen molar-refractivity contribution in [2.45, 2.75) is 52.0 Å². The lowest BCUT2D eigenvalue weighted by molar-refractivity contribution is 0.264. The molecule has 84 valence electrons. The summed E-state index contributed by atoms with van der Waals surface area (Å²) in [4.78, 5) is 2.63. The molecule has 1 atom stereocenters. The Labute approximate surface area is 88.8 Å². The Balaban J connectivity index is 2.00. The zero-order chi connectivity index (χ0) is 10.4. The third-order valence-corrected chi connectivity index (χ3v) is 3.27. The first kappa shape index (κ1) is 12.0. The standard InChI is InChI=1S/C12H26N2/c1-3-14(12-6-7-12)10-4-5-11(2)8-9-13/h11-12H,3-10,13H2,1-2H3. The van der Waals surface area contributed by atoms with E-state index >= 15 is 0 Å². The van der Waals surface area contributed by atoms with Crippen molar-refractivity contribution in [1.82, 2.24) is 4.90 Å². The molecule has 0 spiro atoms. The molecule has 0 aliphatic heterocycles. The Morgan fingerprint density at radius 3 is 2.57 bits per heavy atom. The Hall–Kier alpha value is -0.0800. The SMILES string of the molecule is CCN(CCCC(C)CCN)C1CC1. The van der Waals surface area contributed by atoms with Gasteiger partial charge in [-0.05, 0) is 57.7 Å². The van der Waals surface area contributed by atoms with Crippen LogP contribution < -0.4 is 5.73 Å². The van der Waals surface area contributed by atoms with E-state index in [0.29, 0.717) is 0 Å². The minimum atomic E-state index is 0.818. The van der Waals surface area contributed by atoms with E-state index in [9.17, 15) is 0 Å². The minimum Gasteiger partial charge on any atom is -0.330 e. The lowest BCUT2D eigenvalue weighted by atomic mass is 10.0. The second kappa shape index (κ2) is 6.41. The van der Waals surface area contributed by atoms with Gasteiger partial charge in [-0.3, -0.25) is 0 Å². The third kappa shape index (κ3) is 4.43. The largest absolute Gasteiger partial charge is 0.330 e. The van der Waals surface area contributed by atoms with E-state index in [4.69, 9.17) is 5.73 Å². The molecular formula is C12H26N2. The quantitative estimate of drug-likeness (QED) is 0.648. The van der Waals surface area contributed by atoms with Crippen LogP contribution in [0.2, 0.25) is 0 Å². The summed E-state index contributed by atoms with van der Waals surface area (Å²) in [6.45, 7) is 7.98. The molecule has 1 aliphatic carbocycles. The van der Waals surface area contributed by atoms with Crippen molar-refractivity contribution in [3.8, 4) is 0 Å². The van der Waals surface area contributed by atoms with E-state index < -0.39 is 0 Å². The summed E-state index contributed by atoms with van der Waals surface area (Å²) in [6, 6.07) is 0.935. The van der Waals surface area contributed by atoms with E-state index in [-0.39, 0.29) is 0 Å². The summed E-state index contributed by atoms with van der Waals surface area (Å²) in [6.07, 6.45) is 6.76. The highest BCUT2D eigenvalue weighted by Gasteiger charge is 2.27. The molecule has 0 amide bonds. The molecule has 2 N–H and O–H groups in total. The molecule has 0 bridgehead atoms. The van der Waals surface area contributed by atoms with Crippen molar-refractivity contribution in [1.29, 1.82) is 0 Å². The van der Waals surface area contributed by atoms with E-state index in [1.807, 2.05) is 0 Å². The van der Waals surface area contributed by atoms with E-state index in [1.54, 1.807) is 0 Å². The summed E-state index contributed by atoms with van der Waals surface area (Å²) < 4.78 is 0. The fraction of sp³-hybridized carbons (Fsp3) is 1.00. The summed E-state index contributed by atoms with van der Waals surface area (Å²) in [5.41, 5.74) is 5.53. The van der Waals surface area contributed by atoms with Gasteiger partial charge in [-0.1, -0.05) is 13.8 Å². The van der Waals surface area contributed by atoms with Gasteiger partial charge < -0.3 is 10.6 Å². The van der Waals surface area contributed by atoms with Gasteiger partial charge in [0, 0.05) is 6.04 Å². The molecule has 2 heteroatoms. The van der Waals surface area contributed by atoms with Gasteiger partial charge in [0.15, 0.2) is 0 Å². The highest BCUT2D eigenvalue weighted by Crippen LogP contribution is 2.26. The molecule has 0 radical (unpaired) electrons. The first-order chi connectivity index (χ1) is 6.77. The minimum absolute atomic E-state index is 0.818.